The Morgan fingerprint density at radius 1 is 1.27 bits per heavy atom. The van der Waals surface area contributed by atoms with E-state index in [1.54, 1.807) is 6.92 Å². The lowest BCUT2D eigenvalue weighted by molar-refractivity contribution is 0.0946. The van der Waals surface area contributed by atoms with Gasteiger partial charge in [0.25, 0.3) is 5.91 Å². The molecule has 0 aliphatic rings. The van der Waals surface area contributed by atoms with Gasteiger partial charge in [-0.1, -0.05) is 7.43 Å². The van der Waals surface area contributed by atoms with Crippen LogP contribution in [0.15, 0.2) is 12.1 Å². The molecule has 1 rings (SSSR count). The molecule has 0 saturated carbocycles. The Bertz CT molecular complexity index is 366. The number of nitrogens with one attached hydrogen (secondary N) is 1. The maximum absolute atomic E-state index is 13.0. The van der Waals surface area contributed by atoms with E-state index < -0.39 is 28.9 Å². The Labute approximate surface area is 86.1 Å². The molecule has 0 radical (unpaired) electrons. The SMILES string of the molecule is C.CCNC(=O)c1c(F)ccc(F)c1F. The van der Waals surface area contributed by atoms with Crippen molar-refractivity contribution in [3.05, 3.63) is 35.1 Å². The van der Waals surface area contributed by atoms with Crippen LogP contribution in [0.4, 0.5) is 13.2 Å². The molecule has 0 aliphatic heterocycles. The van der Waals surface area contributed by atoms with Crippen molar-refractivity contribution in [3.63, 3.8) is 0 Å². The summed E-state index contributed by atoms with van der Waals surface area (Å²) in [7, 11) is 0. The summed E-state index contributed by atoms with van der Waals surface area (Å²) in [5, 5.41) is 2.19. The van der Waals surface area contributed by atoms with Crippen LogP contribution >= 0.6 is 0 Å². The fourth-order valence-electron chi connectivity index (χ4n) is 0.984. The molecule has 1 N–H and O–H groups in total. The van der Waals surface area contributed by atoms with Gasteiger partial charge in [0.2, 0.25) is 0 Å². The Balaban J connectivity index is 0.00000196. The van der Waals surface area contributed by atoms with Gasteiger partial charge in [0.05, 0.1) is 0 Å². The molecule has 0 aromatic heterocycles. The molecule has 0 bridgehead atoms. The molecule has 0 unspecified atom stereocenters. The van der Waals surface area contributed by atoms with Crippen molar-refractivity contribution < 1.29 is 18.0 Å². The van der Waals surface area contributed by atoms with Gasteiger partial charge in [0.1, 0.15) is 11.4 Å². The summed E-state index contributed by atoms with van der Waals surface area (Å²) < 4.78 is 38.5. The summed E-state index contributed by atoms with van der Waals surface area (Å²) in [4.78, 5) is 11.1. The van der Waals surface area contributed by atoms with Gasteiger partial charge in [-0.05, 0) is 19.1 Å². The lowest BCUT2D eigenvalue weighted by Crippen LogP contribution is -2.25. The minimum atomic E-state index is -1.46. The minimum Gasteiger partial charge on any atom is -0.352 e. The number of rotatable bonds is 2. The average molecular weight is 219 g/mol. The van der Waals surface area contributed by atoms with E-state index in [4.69, 9.17) is 0 Å². The van der Waals surface area contributed by atoms with Gasteiger partial charge in [0.15, 0.2) is 11.6 Å². The zero-order valence-corrected chi connectivity index (χ0v) is 7.40. The molecule has 0 fully saturated rings. The highest BCUT2D eigenvalue weighted by atomic mass is 19.2. The topological polar surface area (TPSA) is 29.1 Å². The average Bonchev–Trinajstić information content (AvgIpc) is 2.13. The first kappa shape index (κ1) is 13.5. The largest absolute Gasteiger partial charge is 0.352 e. The lowest BCUT2D eigenvalue weighted by atomic mass is 10.2. The Morgan fingerprint density at radius 2 is 1.80 bits per heavy atom. The van der Waals surface area contributed by atoms with E-state index in [-0.39, 0.29) is 14.0 Å². The van der Waals surface area contributed by atoms with Crippen molar-refractivity contribution >= 4 is 5.91 Å². The van der Waals surface area contributed by atoms with Crippen LogP contribution in [0.25, 0.3) is 0 Å². The molecule has 0 heterocycles. The van der Waals surface area contributed by atoms with E-state index in [2.05, 4.69) is 5.32 Å². The van der Waals surface area contributed by atoms with Crippen molar-refractivity contribution in [3.8, 4) is 0 Å². The minimum absolute atomic E-state index is 0. The molecule has 0 spiro atoms. The summed E-state index contributed by atoms with van der Waals surface area (Å²) in [6, 6.07) is 1.34. The summed E-state index contributed by atoms with van der Waals surface area (Å²) >= 11 is 0. The molecule has 1 amide bonds. The van der Waals surface area contributed by atoms with Gasteiger partial charge in [-0.25, -0.2) is 13.2 Å². The van der Waals surface area contributed by atoms with Gasteiger partial charge in [-0.3, -0.25) is 4.79 Å². The predicted octanol–water partition coefficient (Wildman–Crippen LogP) is 2.49. The van der Waals surface area contributed by atoms with Gasteiger partial charge in [-0.15, -0.1) is 0 Å². The molecule has 0 atom stereocenters. The Kier molecular flexibility index (Phi) is 4.84. The van der Waals surface area contributed by atoms with Gasteiger partial charge in [0, 0.05) is 6.54 Å². The van der Waals surface area contributed by atoms with Crippen molar-refractivity contribution in [1.82, 2.24) is 5.32 Å². The van der Waals surface area contributed by atoms with Crippen LogP contribution in [0.1, 0.15) is 24.7 Å². The molecule has 15 heavy (non-hydrogen) atoms. The van der Waals surface area contributed by atoms with Crippen LogP contribution in [0.2, 0.25) is 0 Å². The number of hydrogen-bond donors (Lipinski definition) is 1. The highest BCUT2D eigenvalue weighted by Crippen LogP contribution is 2.15. The molecular weight excluding hydrogens is 207 g/mol. The number of benzene rings is 1. The van der Waals surface area contributed by atoms with E-state index in [1.165, 1.54) is 0 Å². The number of carbonyl (C=O) groups excluding carboxylic acids is 1. The second-order valence-corrected chi connectivity index (χ2v) is 2.58. The summed E-state index contributed by atoms with van der Waals surface area (Å²) in [5.74, 6) is -4.74. The monoisotopic (exact) mass is 219 g/mol. The van der Waals surface area contributed by atoms with Crippen LogP contribution in [0.3, 0.4) is 0 Å². The third-order valence-corrected chi connectivity index (χ3v) is 1.61. The maximum atomic E-state index is 13.0. The molecule has 2 nitrogen and oxygen atoms in total. The number of amides is 1. The zero-order valence-electron chi connectivity index (χ0n) is 7.40. The fourth-order valence-corrected chi connectivity index (χ4v) is 0.984. The second-order valence-electron chi connectivity index (χ2n) is 2.58. The molecule has 0 aliphatic carbocycles. The van der Waals surface area contributed by atoms with Gasteiger partial charge >= 0.3 is 0 Å². The number of carbonyl (C=O) groups is 1. The van der Waals surface area contributed by atoms with Crippen LogP contribution in [-0.2, 0) is 0 Å². The summed E-state index contributed by atoms with van der Waals surface area (Å²) in [5.41, 5.74) is -0.883. The smallest absolute Gasteiger partial charge is 0.257 e. The summed E-state index contributed by atoms with van der Waals surface area (Å²) in [6.07, 6.45) is 0. The molecule has 5 heteroatoms. The quantitative estimate of drug-likeness (QED) is 0.761. The normalized spacial score (nSPS) is 9.33. The second kappa shape index (κ2) is 5.38. The zero-order chi connectivity index (χ0) is 10.7. The highest BCUT2D eigenvalue weighted by Gasteiger charge is 2.19. The first-order valence-electron chi connectivity index (χ1n) is 3.99. The highest BCUT2D eigenvalue weighted by molar-refractivity contribution is 5.94. The molecule has 1 aromatic rings. The van der Waals surface area contributed by atoms with Crippen molar-refractivity contribution in [2.75, 3.05) is 6.54 Å². The number of hydrogen-bond acceptors (Lipinski definition) is 1. The van der Waals surface area contributed by atoms with Crippen LogP contribution in [0, 0.1) is 17.5 Å². The van der Waals surface area contributed by atoms with E-state index in [9.17, 15) is 18.0 Å². The molecule has 0 saturated heterocycles. The summed E-state index contributed by atoms with van der Waals surface area (Å²) in [6.45, 7) is 1.81. The van der Waals surface area contributed by atoms with Gasteiger partial charge < -0.3 is 5.32 Å². The van der Waals surface area contributed by atoms with E-state index >= 15 is 0 Å². The third kappa shape index (κ3) is 2.71. The van der Waals surface area contributed by atoms with Crippen molar-refractivity contribution in [2.45, 2.75) is 14.4 Å². The standard InChI is InChI=1S/C9H8F3NO.CH4/c1-2-13-9(14)7-5(10)3-4-6(11)8(7)12;/h3-4H,2H2,1H3,(H,13,14);1H4. The molecule has 84 valence electrons. The first-order valence-corrected chi connectivity index (χ1v) is 3.99. The maximum Gasteiger partial charge on any atom is 0.257 e. The van der Waals surface area contributed by atoms with Crippen molar-refractivity contribution in [2.24, 2.45) is 0 Å². The molecule has 1 aromatic carbocycles. The van der Waals surface area contributed by atoms with E-state index in [0.29, 0.717) is 12.1 Å². The lowest BCUT2D eigenvalue weighted by Gasteiger charge is -2.04. The van der Waals surface area contributed by atoms with Crippen LogP contribution < -0.4 is 5.32 Å². The fraction of sp³-hybridized carbons (Fsp3) is 0.300. The van der Waals surface area contributed by atoms with Crippen LogP contribution in [0.5, 0.6) is 0 Å². The predicted molar refractivity (Wildman–Crippen MR) is 51.1 cm³/mol. The van der Waals surface area contributed by atoms with Crippen LogP contribution in [-0.4, -0.2) is 12.5 Å². The van der Waals surface area contributed by atoms with E-state index in [1.807, 2.05) is 0 Å². The van der Waals surface area contributed by atoms with E-state index in [0.717, 1.165) is 0 Å². The van der Waals surface area contributed by atoms with Crippen molar-refractivity contribution in [1.29, 1.82) is 0 Å². The molecular formula is C10H12F3NO. The Hall–Kier alpha value is -1.52. The third-order valence-electron chi connectivity index (χ3n) is 1.61. The van der Waals surface area contributed by atoms with Gasteiger partial charge in [-0.2, -0.15) is 0 Å². The Morgan fingerprint density at radius 3 is 2.33 bits per heavy atom. The number of halogens is 3. The first-order chi connectivity index (χ1) is 6.57.